The second-order valence-corrected chi connectivity index (χ2v) is 10.7. The van der Waals surface area contributed by atoms with Gasteiger partial charge in [0.15, 0.2) is 5.65 Å². The fraction of sp³-hybridized carbons (Fsp3) is 0.419. The van der Waals surface area contributed by atoms with Crippen molar-refractivity contribution >= 4 is 22.8 Å². The zero-order chi connectivity index (χ0) is 25.9. The maximum absolute atomic E-state index is 13.3. The van der Waals surface area contributed by atoms with Gasteiger partial charge in [-0.1, -0.05) is 67.8 Å². The fourth-order valence-electron chi connectivity index (χ4n) is 6.00. The Hall–Kier alpha value is -3.74. The lowest BCUT2D eigenvalue weighted by Gasteiger charge is -2.28. The zero-order valence-electron chi connectivity index (χ0n) is 22.2. The van der Waals surface area contributed by atoms with Crippen LogP contribution < -0.4 is 4.90 Å². The average Bonchev–Trinajstić information content (AvgIpc) is 3.12. The van der Waals surface area contributed by atoms with Crippen LogP contribution in [-0.2, 0) is 11.2 Å². The molecule has 3 heterocycles. The van der Waals surface area contributed by atoms with E-state index in [2.05, 4.69) is 46.2 Å². The van der Waals surface area contributed by atoms with E-state index in [0.29, 0.717) is 12.3 Å². The number of anilines is 1. The summed E-state index contributed by atoms with van der Waals surface area (Å²) in [6, 6.07) is 20.6. The Morgan fingerprint density at radius 2 is 1.58 bits per heavy atom. The van der Waals surface area contributed by atoms with Crippen molar-refractivity contribution in [2.45, 2.75) is 51.9 Å². The van der Waals surface area contributed by atoms with Crippen molar-refractivity contribution < 1.29 is 4.79 Å². The summed E-state index contributed by atoms with van der Waals surface area (Å²) in [4.78, 5) is 28.0. The maximum atomic E-state index is 13.3. The van der Waals surface area contributed by atoms with E-state index in [1.165, 1.54) is 24.8 Å². The van der Waals surface area contributed by atoms with Crippen molar-refractivity contribution in [3.8, 4) is 5.69 Å². The SMILES string of the molecule is Cc1nn(-c2ccccc2)c2nc(Cc3ccccc3)nc(N3CCCN(C(=O)C4CCCCC4)CC3)c12. The topological polar surface area (TPSA) is 67.2 Å². The van der Waals surface area contributed by atoms with Crippen LogP contribution in [0.15, 0.2) is 60.7 Å². The number of benzene rings is 2. The Balaban J connectivity index is 1.36. The highest BCUT2D eigenvalue weighted by Gasteiger charge is 2.29. The Labute approximate surface area is 224 Å². The van der Waals surface area contributed by atoms with Crippen LogP contribution in [-0.4, -0.2) is 56.7 Å². The Morgan fingerprint density at radius 3 is 2.34 bits per heavy atom. The van der Waals surface area contributed by atoms with Crippen LogP contribution >= 0.6 is 0 Å². The van der Waals surface area contributed by atoms with E-state index in [4.69, 9.17) is 15.1 Å². The molecule has 2 aromatic heterocycles. The summed E-state index contributed by atoms with van der Waals surface area (Å²) < 4.78 is 1.95. The standard InChI is InChI=1S/C31H36N6O/c1-23-28-29(35-18-11-19-36(21-20-35)31(38)25-14-7-3-8-15-25)32-27(22-24-12-5-2-6-13-24)33-30(28)37(34-23)26-16-9-4-10-17-26/h2,4-6,9-10,12-13,16-17,25H,3,7-8,11,14-15,18-22H2,1H3. The molecule has 0 atom stereocenters. The van der Waals surface area contributed by atoms with Gasteiger partial charge in [-0.15, -0.1) is 0 Å². The Bertz CT molecular complexity index is 1390. The average molecular weight is 509 g/mol. The normalized spacial score (nSPS) is 17.1. The van der Waals surface area contributed by atoms with E-state index < -0.39 is 0 Å². The molecule has 0 N–H and O–H groups in total. The molecule has 38 heavy (non-hydrogen) atoms. The summed E-state index contributed by atoms with van der Waals surface area (Å²) in [6.07, 6.45) is 7.32. The maximum Gasteiger partial charge on any atom is 0.225 e. The summed E-state index contributed by atoms with van der Waals surface area (Å²) in [5.74, 6) is 2.30. The monoisotopic (exact) mass is 508 g/mol. The lowest BCUT2D eigenvalue weighted by Crippen LogP contribution is -2.39. The summed E-state index contributed by atoms with van der Waals surface area (Å²) >= 11 is 0. The molecule has 196 valence electrons. The van der Waals surface area contributed by atoms with Gasteiger partial charge in [0.05, 0.1) is 16.8 Å². The number of amides is 1. The zero-order valence-corrected chi connectivity index (χ0v) is 22.2. The predicted molar refractivity (Wildman–Crippen MR) is 151 cm³/mol. The number of carbonyl (C=O) groups excluding carboxylic acids is 1. The second-order valence-electron chi connectivity index (χ2n) is 10.7. The van der Waals surface area contributed by atoms with Crippen LogP contribution in [0, 0.1) is 12.8 Å². The smallest absolute Gasteiger partial charge is 0.225 e. The van der Waals surface area contributed by atoms with Gasteiger partial charge in [-0.3, -0.25) is 4.79 Å². The van der Waals surface area contributed by atoms with Crippen molar-refractivity contribution in [2.24, 2.45) is 5.92 Å². The van der Waals surface area contributed by atoms with Crippen LogP contribution in [0.4, 0.5) is 5.82 Å². The number of carbonyl (C=O) groups is 1. The minimum atomic E-state index is 0.213. The first-order valence-corrected chi connectivity index (χ1v) is 14.1. The van der Waals surface area contributed by atoms with Gasteiger partial charge in [0.2, 0.25) is 5.91 Å². The van der Waals surface area contributed by atoms with Crippen LogP contribution in [0.3, 0.4) is 0 Å². The predicted octanol–water partition coefficient (Wildman–Crippen LogP) is 5.33. The number of rotatable bonds is 5. The first kappa shape index (κ1) is 24.6. The van der Waals surface area contributed by atoms with Gasteiger partial charge in [-0.05, 0) is 43.9 Å². The second kappa shape index (κ2) is 10.9. The van der Waals surface area contributed by atoms with Crippen LogP contribution in [0.1, 0.15) is 55.6 Å². The fourth-order valence-corrected chi connectivity index (χ4v) is 6.00. The van der Waals surface area contributed by atoms with Gasteiger partial charge in [-0.25, -0.2) is 14.6 Å². The number of hydrogen-bond acceptors (Lipinski definition) is 5. The van der Waals surface area contributed by atoms with E-state index in [9.17, 15) is 4.79 Å². The van der Waals surface area contributed by atoms with E-state index in [0.717, 1.165) is 79.5 Å². The van der Waals surface area contributed by atoms with Crippen molar-refractivity contribution in [1.29, 1.82) is 0 Å². The van der Waals surface area contributed by atoms with Crippen molar-refractivity contribution in [1.82, 2.24) is 24.6 Å². The number of aromatic nitrogens is 4. The summed E-state index contributed by atoms with van der Waals surface area (Å²) in [5.41, 5.74) is 3.93. The van der Waals surface area contributed by atoms with E-state index in [1.54, 1.807) is 0 Å². The molecule has 6 rings (SSSR count). The Kier molecular flexibility index (Phi) is 7.08. The van der Waals surface area contributed by atoms with Gasteiger partial charge in [-0.2, -0.15) is 5.10 Å². The molecule has 1 saturated heterocycles. The van der Waals surface area contributed by atoms with Gasteiger partial charge in [0.1, 0.15) is 11.6 Å². The highest BCUT2D eigenvalue weighted by molar-refractivity contribution is 5.91. The lowest BCUT2D eigenvalue weighted by molar-refractivity contribution is -0.136. The highest BCUT2D eigenvalue weighted by atomic mass is 16.2. The summed E-state index contributed by atoms with van der Waals surface area (Å²) in [5, 5.41) is 5.91. The molecule has 2 fully saturated rings. The number of aryl methyl sites for hydroxylation is 1. The molecule has 2 aromatic carbocycles. The van der Waals surface area contributed by atoms with E-state index >= 15 is 0 Å². The third kappa shape index (κ3) is 5.02. The van der Waals surface area contributed by atoms with Crippen LogP contribution in [0.25, 0.3) is 16.7 Å². The first-order valence-electron chi connectivity index (χ1n) is 14.1. The molecule has 7 nitrogen and oxygen atoms in total. The molecular weight excluding hydrogens is 472 g/mol. The van der Waals surface area contributed by atoms with Crippen molar-refractivity contribution in [3.63, 3.8) is 0 Å². The van der Waals surface area contributed by atoms with Crippen LogP contribution in [0.2, 0.25) is 0 Å². The van der Waals surface area contributed by atoms with Gasteiger partial charge in [0.25, 0.3) is 0 Å². The van der Waals surface area contributed by atoms with Crippen molar-refractivity contribution in [3.05, 3.63) is 77.7 Å². The molecule has 1 aliphatic carbocycles. The summed E-state index contributed by atoms with van der Waals surface area (Å²) in [6.45, 7) is 5.23. The molecule has 0 bridgehead atoms. The Morgan fingerprint density at radius 1 is 0.842 bits per heavy atom. The molecule has 2 aliphatic rings. The lowest BCUT2D eigenvalue weighted by atomic mass is 9.88. The number of fused-ring (bicyclic) bond motifs is 1. The highest BCUT2D eigenvalue weighted by Crippen LogP contribution is 2.31. The number of hydrogen-bond donors (Lipinski definition) is 0. The van der Waals surface area contributed by atoms with E-state index in [-0.39, 0.29) is 5.92 Å². The molecule has 1 amide bonds. The first-order chi connectivity index (χ1) is 18.7. The molecule has 1 aliphatic heterocycles. The minimum absolute atomic E-state index is 0.213. The number of para-hydroxylation sites is 1. The number of nitrogens with zero attached hydrogens (tertiary/aromatic N) is 6. The summed E-state index contributed by atoms with van der Waals surface area (Å²) in [7, 11) is 0. The molecule has 0 unspecified atom stereocenters. The molecular formula is C31H36N6O. The molecule has 1 saturated carbocycles. The molecule has 4 aromatic rings. The van der Waals surface area contributed by atoms with Gasteiger partial charge >= 0.3 is 0 Å². The molecule has 7 heteroatoms. The molecule has 0 radical (unpaired) electrons. The molecule has 0 spiro atoms. The van der Waals surface area contributed by atoms with Gasteiger partial charge < -0.3 is 9.80 Å². The quantitative estimate of drug-likeness (QED) is 0.364. The third-order valence-electron chi connectivity index (χ3n) is 8.00. The van der Waals surface area contributed by atoms with Crippen molar-refractivity contribution in [2.75, 3.05) is 31.1 Å². The third-order valence-corrected chi connectivity index (χ3v) is 8.00. The van der Waals surface area contributed by atoms with Gasteiger partial charge in [0, 0.05) is 38.5 Å². The minimum Gasteiger partial charge on any atom is -0.354 e. The van der Waals surface area contributed by atoms with E-state index in [1.807, 2.05) is 35.9 Å². The largest absolute Gasteiger partial charge is 0.354 e. The van der Waals surface area contributed by atoms with Crippen LogP contribution in [0.5, 0.6) is 0 Å².